The van der Waals surface area contributed by atoms with E-state index in [0.717, 1.165) is 32.3 Å². The first-order valence-corrected chi connectivity index (χ1v) is 10.6. The standard InChI is InChI=1S/C22H20N2O3S2/c25-20(26)11-22(9-15-4-1-2-5-16(15)10-22)21(27)23-12-19-24-18(13-29-19)14-6-3-7-17(28)8-14/h1-8,13,28H,9-12H2,(H,23,27)(H,25,26). The van der Waals surface area contributed by atoms with Crippen LogP contribution in [0.3, 0.4) is 0 Å². The molecule has 4 rings (SSSR count). The van der Waals surface area contributed by atoms with E-state index in [2.05, 4.69) is 22.9 Å². The number of carboxylic acid groups (broad SMARTS) is 1. The van der Waals surface area contributed by atoms with Gasteiger partial charge < -0.3 is 10.4 Å². The molecule has 148 valence electrons. The second-order valence-electron chi connectivity index (χ2n) is 7.33. The number of hydrogen-bond acceptors (Lipinski definition) is 5. The van der Waals surface area contributed by atoms with Crippen molar-refractivity contribution in [2.75, 3.05) is 0 Å². The Morgan fingerprint density at radius 2 is 1.86 bits per heavy atom. The molecule has 1 aliphatic rings. The van der Waals surface area contributed by atoms with Crippen LogP contribution < -0.4 is 5.32 Å². The normalized spacial score (nSPS) is 14.4. The Bertz CT molecular complexity index is 1050. The third kappa shape index (κ3) is 4.21. The molecule has 1 aromatic heterocycles. The molecule has 0 radical (unpaired) electrons. The predicted molar refractivity (Wildman–Crippen MR) is 115 cm³/mol. The van der Waals surface area contributed by atoms with Gasteiger partial charge in [0.05, 0.1) is 24.1 Å². The summed E-state index contributed by atoms with van der Waals surface area (Å²) in [5, 5.41) is 15.1. The van der Waals surface area contributed by atoms with Crippen molar-refractivity contribution in [3.8, 4) is 11.3 Å². The Balaban J connectivity index is 1.48. The zero-order valence-corrected chi connectivity index (χ0v) is 17.3. The van der Waals surface area contributed by atoms with E-state index < -0.39 is 11.4 Å². The molecule has 5 nitrogen and oxygen atoms in total. The average molecular weight is 425 g/mol. The Kier molecular flexibility index (Phi) is 5.43. The van der Waals surface area contributed by atoms with Crippen molar-refractivity contribution in [1.82, 2.24) is 10.3 Å². The molecular formula is C22H20N2O3S2. The van der Waals surface area contributed by atoms with Crippen LogP contribution in [0.1, 0.15) is 22.6 Å². The van der Waals surface area contributed by atoms with Gasteiger partial charge in [0.2, 0.25) is 5.91 Å². The lowest BCUT2D eigenvalue weighted by Crippen LogP contribution is -2.43. The lowest BCUT2D eigenvalue weighted by atomic mass is 9.80. The molecule has 2 aromatic carbocycles. The number of aromatic nitrogens is 1. The van der Waals surface area contributed by atoms with E-state index in [1.54, 1.807) is 0 Å². The van der Waals surface area contributed by atoms with Gasteiger partial charge in [0.1, 0.15) is 5.01 Å². The summed E-state index contributed by atoms with van der Waals surface area (Å²) in [7, 11) is 0. The number of thiol groups is 1. The number of carbonyl (C=O) groups excluding carboxylic acids is 1. The summed E-state index contributed by atoms with van der Waals surface area (Å²) in [5.41, 5.74) is 2.96. The minimum Gasteiger partial charge on any atom is -0.481 e. The topological polar surface area (TPSA) is 79.3 Å². The van der Waals surface area contributed by atoms with E-state index in [1.165, 1.54) is 11.3 Å². The van der Waals surface area contributed by atoms with E-state index >= 15 is 0 Å². The van der Waals surface area contributed by atoms with E-state index in [-0.39, 0.29) is 18.9 Å². The van der Waals surface area contributed by atoms with Crippen molar-refractivity contribution in [2.45, 2.75) is 30.7 Å². The third-order valence-corrected chi connectivity index (χ3v) is 6.37. The Labute approximate surface area is 178 Å². The Hall–Kier alpha value is -2.64. The lowest BCUT2D eigenvalue weighted by Gasteiger charge is -2.25. The first-order valence-electron chi connectivity index (χ1n) is 9.26. The van der Waals surface area contributed by atoms with Crippen LogP contribution in [0.4, 0.5) is 0 Å². The van der Waals surface area contributed by atoms with Gasteiger partial charge in [0.15, 0.2) is 0 Å². The number of aliphatic carboxylic acids is 1. The van der Waals surface area contributed by atoms with Crippen LogP contribution in [-0.4, -0.2) is 22.0 Å². The number of carboxylic acids is 1. The molecule has 0 saturated carbocycles. The highest BCUT2D eigenvalue weighted by Crippen LogP contribution is 2.40. The van der Waals surface area contributed by atoms with Gasteiger partial charge >= 0.3 is 5.97 Å². The van der Waals surface area contributed by atoms with Gasteiger partial charge in [0.25, 0.3) is 0 Å². The van der Waals surface area contributed by atoms with Gasteiger partial charge in [-0.1, -0.05) is 36.4 Å². The Morgan fingerprint density at radius 1 is 1.14 bits per heavy atom. The monoisotopic (exact) mass is 424 g/mol. The number of hydrogen-bond donors (Lipinski definition) is 3. The molecule has 2 N–H and O–H groups in total. The number of thiazole rings is 1. The summed E-state index contributed by atoms with van der Waals surface area (Å²) < 4.78 is 0. The molecule has 29 heavy (non-hydrogen) atoms. The molecule has 3 aromatic rings. The molecule has 0 atom stereocenters. The van der Waals surface area contributed by atoms with E-state index in [1.807, 2.05) is 53.9 Å². The van der Waals surface area contributed by atoms with Gasteiger partial charge in [-0.25, -0.2) is 4.98 Å². The zero-order valence-electron chi connectivity index (χ0n) is 15.6. The van der Waals surface area contributed by atoms with Crippen LogP contribution in [0.15, 0.2) is 58.8 Å². The maximum absolute atomic E-state index is 13.1. The van der Waals surface area contributed by atoms with E-state index in [4.69, 9.17) is 0 Å². The molecule has 7 heteroatoms. The van der Waals surface area contributed by atoms with Crippen LogP contribution in [0, 0.1) is 5.41 Å². The quantitative estimate of drug-likeness (QED) is 0.523. The van der Waals surface area contributed by atoms with Gasteiger partial charge in [-0.2, -0.15) is 0 Å². The highest BCUT2D eigenvalue weighted by Gasteiger charge is 2.45. The first kappa shape index (κ1) is 19.7. The number of carbonyl (C=O) groups is 2. The fourth-order valence-corrected chi connectivity index (χ4v) is 4.85. The maximum atomic E-state index is 13.1. The number of amides is 1. The van der Waals surface area contributed by atoms with Crippen molar-refractivity contribution < 1.29 is 14.7 Å². The average Bonchev–Trinajstić information content (AvgIpc) is 3.30. The van der Waals surface area contributed by atoms with Gasteiger partial charge in [0, 0.05) is 15.8 Å². The minimum atomic E-state index is -0.962. The smallest absolute Gasteiger partial charge is 0.304 e. The van der Waals surface area contributed by atoms with Gasteiger partial charge in [-0.05, 0) is 36.1 Å². The molecule has 0 unspecified atom stereocenters. The van der Waals surface area contributed by atoms with Crippen LogP contribution in [0.25, 0.3) is 11.3 Å². The second kappa shape index (κ2) is 8.00. The summed E-state index contributed by atoms with van der Waals surface area (Å²) in [5.74, 6) is -1.19. The van der Waals surface area contributed by atoms with Crippen LogP contribution >= 0.6 is 24.0 Å². The molecule has 0 spiro atoms. The largest absolute Gasteiger partial charge is 0.481 e. The summed E-state index contributed by atoms with van der Waals surface area (Å²) in [6, 6.07) is 15.5. The number of nitrogens with zero attached hydrogens (tertiary/aromatic N) is 1. The Morgan fingerprint density at radius 3 is 2.52 bits per heavy atom. The zero-order chi connectivity index (χ0) is 20.4. The second-order valence-corrected chi connectivity index (χ2v) is 8.79. The SMILES string of the molecule is O=C(O)CC1(C(=O)NCc2nc(-c3cccc(S)c3)cs2)Cc2ccccc2C1. The van der Waals surface area contributed by atoms with Crippen molar-refractivity contribution in [3.05, 3.63) is 70.0 Å². The van der Waals surface area contributed by atoms with Gasteiger partial charge in [-0.15, -0.1) is 24.0 Å². The molecule has 0 bridgehead atoms. The van der Waals surface area contributed by atoms with E-state index in [0.29, 0.717) is 12.8 Å². The van der Waals surface area contributed by atoms with Crippen LogP contribution in [0.2, 0.25) is 0 Å². The molecule has 1 aliphatic carbocycles. The summed E-state index contributed by atoms with van der Waals surface area (Å²) >= 11 is 5.83. The van der Waals surface area contributed by atoms with Crippen molar-refractivity contribution in [3.63, 3.8) is 0 Å². The number of benzene rings is 2. The van der Waals surface area contributed by atoms with Crippen LogP contribution in [-0.2, 0) is 29.0 Å². The molecule has 0 saturated heterocycles. The minimum absolute atomic E-state index is 0.189. The lowest BCUT2D eigenvalue weighted by molar-refractivity contribution is -0.145. The highest BCUT2D eigenvalue weighted by molar-refractivity contribution is 7.80. The van der Waals surface area contributed by atoms with Gasteiger partial charge in [-0.3, -0.25) is 9.59 Å². The highest BCUT2D eigenvalue weighted by atomic mass is 32.1. The van der Waals surface area contributed by atoms with Crippen molar-refractivity contribution in [2.24, 2.45) is 5.41 Å². The van der Waals surface area contributed by atoms with Crippen molar-refractivity contribution >= 4 is 35.8 Å². The summed E-state index contributed by atoms with van der Waals surface area (Å²) in [6.45, 7) is 0.280. The number of fused-ring (bicyclic) bond motifs is 1. The van der Waals surface area contributed by atoms with Crippen molar-refractivity contribution in [1.29, 1.82) is 0 Å². The summed E-state index contributed by atoms with van der Waals surface area (Å²) in [6.07, 6.45) is 0.698. The molecule has 0 aliphatic heterocycles. The number of rotatable bonds is 6. The molecule has 1 amide bonds. The number of nitrogens with one attached hydrogen (secondary N) is 1. The summed E-state index contributed by atoms with van der Waals surface area (Å²) in [4.78, 5) is 30.0. The molecule has 1 heterocycles. The maximum Gasteiger partial charge on any atom is 0.304 e. The fraction of sp³-hybridized carbons (Fsp3) is 0.227. The fourth-order valence-electron chi connectivity index (χ4n) is 3.88. The first-order chi connectivity index (χ1) is 13.9. The third-order valence-electron chi connectivity index (χ3n) is 5.24. The predicted octanol–water partition coefficient (Wildman–Crippen LogP) is 3.97. The van der Waals surface area contributed by atoms with Crippen LogP contribution in [0.5, 0.6) is 0 Å². The van der Waals surface area contributed by atoms with E-state index in [9.17, 15) is 14.7 Å². The molecule has 0 fully saturated rings. The molecular weight excluding hydrogens is 404 g/mol.